The van der Waals surface area contributed by atoms with Crippen LogP contribution in [0.25, 0.3) is 11.0 Å². The molecular weight excluding hydrogens is 390 g/mol. The van der Waals surface area contributed by atoms with Crippen LogP contribution in [0.5, 0.6) is 0 Å². The Morgan fingerprint density at radius 1 is 1.00 bits per heavy atom. The molecule has 3 aromatic carbocycles. The Morgan fingerprint density at radius 3 is 2.42 bits per heavy atom. The number of carbonyl (C=O) groups is 2. The predicted octanol–water partition coefficient (Wildman–Crippen LogP) is 4.09. The number of aromatic nitrogens is 2. The highest BCUT2D eigenvalue weighted by Crippen LogP contribution is 2.28. The molecule has 0 saturated carbocycles. The Balaban J connectivity index is 1.63. The van der Waals surface area contributed by atoms with Gasteiger partial charge in [-0.2, -0.15) is 0 Å². The summed E-state index contributed by atoms with van der Waals surface area (Å²) >= 11 is 0. The van der Waals surface area contributed by atoms with Gasteiger partial charge in [-0.25, -0.2) is 4.98 Å². The standard InChI is InChI=1S/C25H19N3O3/c29-24(14-11-18-7-3-1-4-8-18)27-20-12-13-21-23(15-20)28(17-26-21)22(16-25(30)31)19-9-5-2-6-10-19/h1-10,12-13,15,17,22H,16H2,(H,27,29)(H,30,31). The quantitative estimate of drug-likeness (QED) is 0.486. The van der Waals surface area contributed by atoms with Gasteiger partial charge in [0.15, 0.2) is 0 Å². The van der Waals surface area contributed by atoms with E-state index in [-0.39, 0.29) is 6.42 Å². The van der Waals surface area contributed by atoms with E-state index in [0.29, 0.717) is 11.2 Å². The summed E-state index contributed by atoms with van der Waals surface area (Å²) < 4.78 is 1.82. The van der Waals surface area contributed by atoms with Crippen molar-refractivity contribution in [2.75, 3.05) is 5.32 Å². The number of amides is 1. The maximum Gasteiger partial charge on any atom is 0.305 e. The Hall–Kier alpha value is -4.37. The number of nitrogens with zero attached hydrogens (tertiary/aromatic N) is 2. The van der Waals surface area contributed by atoms with Gasteiger partial charge in [0.2, 0.25) is 0 Å². The van der Waals surface area contributed by atoms with Crippen LogP contribution in [-0.2, 0) is 9.59 Å². The smallest absolute Gasteiger partial charge is 0.305 e. The fraction of sp³-hybridized carbons (Fsp3) is 0.0800. The highest BCUT2D eigenvalue weighted by molar-refractivity contribution is 6.05. The summed E-state index contributed by atoms with van der Waals surface area (Å²) in [6, 6.07) is 23.6. The zero-order chi connectivity index (χ0) is 21.6. The topological polar surface area (TPSA) is 84.2 Å². The van der Waals surface area contributed by atoms with Crippen molar-refractivity contribution < 1.29 is 14.7 Å². The SMILES string of the molecule is O=C(O)CC(c1ccccc1)n1cnc2ccc(NC(=O)C#Cc3ccccc3)cc21. The molecule has 0 aliphatic heterocycles. The second-order valence-electron chi connectivity index (χ2n) is 6.95. The van der Waals surface area contributed by atoms with Crippen molar-refractivity contribution in [3.05, 3.63) is 96.3 Å². The first-order chi connectivity index (χ1) is 15.1. The summed E-state index contributed by atoms with van der Waals surface area (Å²) in [6.07, 6.45) is 1.54. The van der Waals surface area contributed by atoms with E-state index in [2.05, 4.69) is 22.1 Å². The van der Waals surface area contributed by atoms with Crippen molar-refractivity contribution >= 4 is 28.6 Å². The highest BCUT2D eigenvalue weighted by Gasteiger charge is 2.20. The molecule has 1 aromatic heterocycles. The molecule has 0 saturated heterocycles. The fourth-order valence-corrected chi connectivity index (χ4v) is 3.38. The van der Waals surface area contributed by atoms with Gasteiger partial charge in [0.25, 0.3) is 0 Å². The summed E-state index contributed by atoms with van der Waals surface area (Å²) in [5.41, 5.74) is 3.62. The molecule has 0 spiro atoms. The molecule has 31 heavy (non-hydrogen) atoms. The number of carboxylic acids is 1. The lowest BCUT2D eigenvalue weighted by atomic mass is 10.0. The van der Waals surface area contributed by atoms with E-state index in [0.717, 1.165) is 16.6 Å². The summed E-state index contributed by atoms with van der Waals surface area (Å²) in [5.74, 6) is 4.07. The molecule has 152 valence electrons. The Morgan fingerprint density at radius 2 is 1.71 bits per heavy atom. The van der Waals surface area contributed by atoms with Crippen molar-refractivity contribution in [1.29, 1.82) is 0 Å². The van der Waals surface area contributed by atoms with Gasteiger partial charge in [-0.3, -0.25) is 9.59 Å². The molecule has 1 amide bonds. The number of carbonyl (C=O) groups excluding carboxylic acids is 1. The molecule has 1 atom stereocenters. The third-order valence-electron chi connectivity index (χ3n) is 4.81. The summed E-state index contributed by atoms with van der Waals surface area (Å²) in [7, 11) is 0. The van der Waals surface area contributed by atoms with Crippen molar-refractivity contribution in [2.45, 2.75) is 12.5 Å². The lowest BCUT2D eigenvalue weighted by Gasteiger charge is -2.18. The van der Waals surface area contributed by atoms with Crippen LogP contribution in [0, 0.1) is 11.8 Å². The van der Waals surface area contributed by atoms with E-state index in [1.807, 2.05) is 65.2 Å². The maximum absolute atomic E-state index is 12.3. The normalized spacial score (nSPS) is 11.4. The number of hydrogen-bond donors (Lipinski definition) is 2. The van der Waals surface area contributed by atoms with Crippen molar-refractivity contribution in [3.8, 4) is 11.8 Å². The van der Waals surface area contributed by atoms with E-state index >= 15 is 0 Å². The zero-order valence-electron chi connectivity index (χ0n) is 16.5. The number of aliphatic carboxylic acids is 1. The minimum absolute atomic E-state index is 0.0887. The molecule has 0 radical (unpaired) electrons. The molecule has 6 nitrogen and oxygen atoms in total. The molecule has 0 aliphatic rings. The molecule has 2 N–H and O–H groups in total. The van der Waals surface area contributed by atoms with Gasteiger partial charge in [-0.15, -0.1) is 0 Å². The number of hydrogen-bond acceptors (Lipinski definition) is 3. The molecule has 0 bridgehead atoms. The van der Waals surface area contributed by atoms with E-state index in [1.165, 1.54) is 0 Å². The zero-order valence-corrected chi connectivity index (χ0v) is 16.5. The summed E-state index contributed by atoms with van der Waals surface area (Å²) in [6.45, 7) is 0. The third kappa shape index (κ3) is 4.80. The third-order valence-corrected chi connectivity index (χ3v) is 4.81. The molecule has 0 fully saturated rings. The maximum atomic E-state index is 12.3. The van der Waals surface area contributed by atoms with Crippen LogP contribution < -0.4 is 5.32 Å². The van der Waals surface area contributed by atoms with Crippen LogP contribution >= 0.6 is 0 Å². The van der Waals surface area contributed by atoms with Crippen molar-refractivity contribution in [2.24, 2.45) is 0 Å². The van der Waals surface area contributed by atoms with Gasteiger partial charge in [0.1, 0.15) is 0 Å². The monoisotopic (exact) mass is 409 g/mol. The number of rotatable bonds is 5. The van der Waals surface area contributed by atoms with E-state index in [9.17, 15) is 14.7 Å². The van der Waals surface area contributed by atoms with Gasteiger partial charge >= 0.3 is 11.9 Å². The van der Waals surface area contributed by atoms with Gasteiger partial charge in [-0.1, -0.05) is 54.5 Å². The molecule has 1 heterocycles. The average molecular weight is 409 g/mol. The number of carboxylic acid groups (broad SMARTS) is 1. The first-order valence-corrected chi connectivity index (χ1v) is 9.71. The Labute approximate surface area is 179 Å². The second-order valence-corrected chi connectivity index (χ2v) is 6.95. The average Bonchev–Trinajstić information content (AvgIpc) is 3.20. The van der Waals surface area contributed by atoms with Crippen LogP contribution in [0.15, 0.2) is 85.2 Å². The summed E-state index contributed by atoms with van der Waals surface area (Å²) in [4.78, 5) is 28.2. The van der Waals surface area contributed by atoms with Crippen LogP contribution in [0.2, 0.25) is 0 Å². The molecule has 4 aromatic rings. The van der Waals surface area contributed by atoms with Gasteiger partial charge in [0, 0.05) is 17.2 Å². The highest BCUT2D eigenvalue weighted by atomic mass is 16.4. The van der Waals surface area contributed by atoms with Crippen molar-refractivity contribution in [3.63, 3.8) is 0 Å². The minimum Gasteiger partial charge on any atom is -0.481 e. The minimum atomic E-state index is -0.906. The lowest BCUT2D eigenvalue weighted by Crippen LogP contribution is -2.14. The van der Waals surface area contributed by atoms with Crippen molar-refractivity contribution in [1.82, 2.24) is 9.55 Å². The van der Waals surface area contributed by atoms with Crippen LogP contribution in [0.1, 0.15) is 23.6 Å². The van der Waals surface area contributed by atoms with Gasteiger partial charge < -0.3 is 15.0 Å². The van der Waals surface area contributed by atoms with E-state index < -0.39 is 17.9 Å². The van der Waals surface area contributed by atoms with Crippen LogP contribution in [0.4, 0.5) is 5.69 Å². The number of anilines is 1. The lowest BCUT2D eigenvalue weighted by molar-refractivity contribution is -0.137. The predicted molar refractivity (Wildman–Crippen MR) is 119 cm³/mol. The number of fused-ring (bicyclic) bond motifs is 1. The van der Waals surface area contributed by atoms with Crippen LogP contribution in [0.3, 0.4) is 0 Å². The largest absolute Gasteiger partial charge is 0.481 e. The summed E-state index contributed by atoms with van der Waals surface area (Å²) in [5, 5.41) is 12.2. The Kier molecular flexibility index (Phi) is 5.77. The molecule has 1 unspecified atom stereocenters. The van der Waals surface area contributed by atoms with Gasteiger partial charge in [0.05, 0.1) is 29.8 Å². The second kappa shape index (κ2) is 8.97. The number of nitrogens with one attached hydrogen (secondary N) is 1. The Bertz CT molecular complexity index is 1290. The van der Waals surface area contributed by atoms with Gasteiger partial charge in [-0.05, 0) is 35.9 Å². The number of benzene rings is 3. The molecule has 4 rings (SSSR count). The van der Waals surface area contributed by atoms with E-state index in [4.69, 9.17) is 0 Å². The molecular formula is C25H19N3O3. The molecule has 6 heteroatoms. The fourth-order valence-electron chi connectivity index (χ4n) is 3.38. The van der Waals surface area contributed by atoms with Crippen LogP contribution in [-0.4, -0.2) is 26.5 Å². The first kappa shape index (κ1) is 19.9. The molecule has 0 aliphatic carbocycles. The first-order valence-electron chi connectivity index (χ1n) is 9.71. The van der Waals surface area contributed by atoms with E-state index in [1.54, 1.807) is 24.5 Å². The number of imidazole rings is 1.